The predicted molar refractivity (Wildman–Crippen MR) is 92.4 cm³/mol. The van der Waals surface area contributed by atoms with Crippen molar-refractivity contribution in [2.75, 3.05) is 7.11 Å². The SMILES string of the molecule is COC(=O)c1ccc2nc(N=Cc3ccc(Br)cc3)sc2c1. The molecular weight excluding hydrogens is 364 g/mol. The Bertz CT molecular complexity index is 856. The summed E-state index contributed by atoms with van der Waals surface area (Å²) in [5.74, 6) is -0.352. The minimum absolute atomic E-state index is 0.352. The highest BCUT2D eigenvalue weighted by molar-refractivity contribution is 9.10. The summed E-state index contributed by atoms with van der Waals surface area (Å²) < 4.78 is 6.65. The van der Waals surface area contributed by atoms with Gasteiger partial charge >= 0.3 is 5.97 Å². The van der Waals surface area contributed by atoms with E-state index in [1.54, 1.807) is 24.4 Å². The number of halogens is 1. The largest absolute Gasteiger partial charge is 0.465 e. The van der Waals surface area contributed by atoms with Crippen LogP contribution in [0.4, 0.5) is 5.13 Å². The highest BCUT2D eigenvalue weighted by atomic mass is 79.9. The molecular formula is C16H11BrN2O2S. The second-order valence-electron chi connectivity index (χ2n) is 4.48. The second kappa shape index (κ2) is 6.37. The van der Waals surface area contributed by atoms with Crippen LogP contribution < -0.4 is 0 Å². The summed E-state index contributed by atoms with van der Waals surface area (Å²) >= 11 is 4.83. The average Bonchev–Trinajstić information content (AvgIpc) is 2.95. The number of hydrogen-bond donors (Lipinski definition) is 0. The highest BCUT2D eigenvalue weighted by Gasteiger charge is 2.09. The van der Waals surface area contributed by atoms with Gasteiger partial charge in [-0.2, -0.15) is 0 Å². The molecule has 0 saturated heterocycles. The molecule has 1 aromatic heterocycles. The fourth-order valence-corrected chi connectivity index (χ4v) is 3.01. The Labute approximate surface area is 139 Å². The van der Waals surface area contributed by atoms with Crippen LogP contribution in [0.2, 0.25) is 0 Å². The third-order valence-electron chi connectivity index (χ3n) is 2.99. The number of benzene rings is 2. The molecule has 6 heteroatoms. The molecule has 0 aliphatic carbocycles. The second-order valence-corrected chi connectivity index (χ2v) is 6.41. The molecule has 3 aromatic rings. The molecule has 110 valence electrons. The lowest BCUT2D eigenvalue weighted by atomic mass is 10.2. The number of thiazole rings is 1. The minimum atomic E-state index is -0.352. The lowest BCUT2D eigenvalue weighted by Crippen LogP contribution is -1.99. The normalized spacial score (nSPS) is 11.2. The first-order valence-corrected chi connectivity index (χ1v) is 8.05. The number of aliphatic imine (C=N–C) groups is 1. The number of nitrogens with zero attached hydrogens (tertiary/aromatic N) is 2. The van der Waals surface area contributed by atoms with E-state index in [1.165, 1.54) is 18.4 Å². The summed E-state index contributed by atoms with van der Waals surface area (Å²) in [6.45, 7) is 0. The van der Waals surface area contributed by atoms with Crippen LogP contribution in [-0.4, -0.2) is 24.3 Å². The van der Waals surface area contributed by atoms with Crippen LogP contribution >= 0.6 is 27.3 Å². The average molecular weight is 375 g/mol. The minimum Gasteiger partial charge on any atom is -0.465 e. The van der Waals surface area contributed by atoms with Crippen LogP contribution in [0, 0.1) is 0 Å². The Balaban J connectivity index is 1.88. The molecule has 0 radical (unpaired) electrons. The van der Waals surface area contributed by atoms with E-state index in [2.05, 4.69) is 25.9 Å². The zero-order valence-electron chi connectivity index (χ0n) is 11.6. The monoisotopic (exact) mass is 374 g/mol. The van der Waals surface area contributed by atoms with Gasteiger partial charge < -0.3 is 4.74 Å². The number of hydrogen-bond acceptors (Lipinski definition) is 5. The quantitative estimate of drug-likeness (QED) is 0.497. The first kappa shape index (κ1) is 14.9. The summed E-state index contributed by atoms with van der Waals surface area (Å²) in [7, 11) is 1.37. The van der Waals surface area contributed by atoms with Gasteiger partial charge in [0.05, 0.1) is 22.9 Å². The molecule has 2 aromatic carbocycles. The van der Waals surface area contributed by atoms with Gasteiger partial charge in [0.25, 0.3) is 0 Å². The zero-order valence-corrected chi connectivity index (χ0v) is 14.0. The molecule has 0 saturated carbocycles. The van der Waals surface area contributed by atoms with E-state index < -0.39 is 0 Å². The molecule has 0 spiro atoms. The van der Waals surface area contributed by atoms with Crippen molar-refractivity contribution in [3.05, 3.63) is 58.1 Å². The van der Waals surface area contributed by atoms with Crippen molar-refractivity contribution < 1.29 is 9.53 Å². The summed E-state index contributed by atoms with van der Waals surface area (Å²) in [5, 5.41) is 0.653. The summed E-state index contributed by atoms with van der Waals surface area (Å²) in [5.41, 5.74) is 2.33. The first-order chi connectivity index (χ1) is 10.7. The Morgan fingerprint density at radius 2 is 2.05 bits per heavy atom. The number of rotatable bonds is 3. The topological polar surface area (TPSA) is 51.5 Å². The van der Waals surface area contributed by atoms with Crippen LogP contribution in [0.15, 0.2) is 51.9 Å². The Hall–Kier alpha value is -2.05. The van der Waals surface area contributed by atoms with Gasteiger partial charge in [0, 0.05) is 10.7 Å². The molecule has 0 N–H and O–H groups in total. The van der Waals surface area contributed by atoms with Gasteiger partial charge in [0.15, 0.2) is 0 Å². The molecule has 3 rings (SSSR count). The lowest BCUT2D eigenvalue weighted by Gasteiger charge is -1.97. The van der Waals surface area contributed by atoms with Gasteiger partial charge in [0.2, 0.25) is 5.13 Å². The van der Waals surface area contributed by atoms with Crippen molar-refractivity contribution in [1.29, 1.82) is 0 Å². The van der Waals surface area contributed by atoms with E-state index in [0.29, 0.717) is 10.7 Å². The molecule has 0 amide bonds. The molecule has 4 nitrogen and oxygen atoms in total. The molecule has 0 bridgehead atoms. The Kier molecular flexibility index (Phi) is 4.31. The van der Waals surface area contributed by atoms with Crippen molar-refractivity contribution in [2.45, 2.75) is 0 Å². The number of esters is 1. The van der Waals surface area contributed by atoms with E-state index in [-0.39, 0.29) is 5.97 Å². The Morgan fingerprint density at radius 1 is 1.27 bits per heavy atom. The van der Waals surface area contributed by atoms with Gasteiger partial charge in [-0.05, 0) is 35.9 Å². The zero-order chi connectivity index (χ0) is 15.5. The third-order valence-corrected chi connectivity index (χ3v) is 4.45. The molecule has 0 atom stereocenters. The van der Waals surface area contributed by atoms with Crippen molar-refractivity contribution in [3.63, 3.8) is 0 Å². The smallest absolute Gasteiger partial charge is 0.337 e. The summed E-state index contributed by atoms with van der Waals surface area (Å²) in [6.07, 6.45) is 1.77. The van der Waals surface area contributed by atoms with Gasteiger partial charge in [-0.25, -0.2) is 14.8 Å². The maximum Gasteiger partial charge on any atom is 0.337 e. The van der Waals surface area contributed by atoms with Crippen LogP contribution in [0.5, 0.6) is 0 Å². The van der Waals surface area contributed by atoms with E-state index in [4.69, 9.17) is 4.74 Å². The molecule has 22 heavy (non-hydrogen) atoms. The van der Waals surface area contributed by atoms with E-state index >= 15 is 0 Å². The first-order valence-electron chi connectivity index (χ1n) is 6.44. The van der Waals surface area contributed by atoms with Crippen molar-refractivity contribution in [3.8, 4) is 0 Å². The molecule has 1 heterocycles. The van der Waals surface area contributed by atoms with E-state index in [9.17, 15) is 4.79 Å². The molecule has 0 aliphatic rings. The lowest BCUT2D eigenvalue weighted by molar-refractivity contribution is 0.0601. The van der Waals surface area contributed by atoms with Gasteiger partial charge in [-0.1, -0.05) is 39.4 Å². The number of methoxy groups -OCH3 is 1. The molecule has 0 unspecified atom stereocenters. The van der Waals surface area contributed by atoms with Gasteiger partial charge in [-0.15, -0.1) is 0 Å². The standard InChI is InChI=1S/C16H11BrN2O2S/c1-21-15(20)11-4-7-13-14(8-11)22-16(19-13)18-9-10-2-5-12(17)6-3-10/h2-9H,1H3. The summed E-state index contributed by atoms with van der Waals surface area (Å²) in [4.78, 5) is 20.4. The molecule has 0 aliphatic heterocycles. The number of carbonyl (C=O) groups is 1. The summed E-state index contributed by atoms with van der Waals surface area (Å²) in [6, 6.07) is 13.1. The third kappa shape index (κ3) is 3.23. The Morgan fingerprint density at radius 3 is 2.77 bits per heavy atom. The van der Waals surface area contributed by atoms with Crippen LogP contribution in [0.25, 0.3) is 10.2 Å². The highest BCUT2D eigenvalue weighted by Crippen LogP contribution is 2.29. The van der Waals surface area contributed by atoms with Gasteiger partial charge in [0.1, 0.15) is 0 Å². The van der Waals surface area contributed by atoms with Crippen LogP contribution in [-0.2, 0) is 4.74 Å². The van der Waals surface area contributed by atoms with Crippen LogP contribution in [0.3, 0.4) is 0 Å². The number of fused-ring (bicyclic) bond motifs is 1. The van der Waals surface area contributed by atoms with E-state index in [0.717, 1.165) is 20.3 Å². The number of carbonyl (C=O) groups excluding carboxylic acids is 1. The fourth-order valence-electron chi connectivity index (χ4n) is 1.89. The number of aromatic nitrogens is 1. The van der Waals surface area contributed by atoms with Crippen molar-refractivity contribution in [1.82, 2.24) is 4.98 Å². The number of ether oxygens (including phenoxy) is 1. The van der Waals surface area contributed by atoms with Crippen LogP contribution in [0.1, 0.15) is 15.9 Å². The van der Waals surface area contributed by atoms with Gasteiger partial charge in [-0.3, -0.25) is 0 Å². The molecule has 0 fully saturated rings. The fraction of sp³-hybridized carbons (Fsp3) is 0.0625. The van der Waals surface area contributed by atoms with E-state index in [1.807, 2.05) is 24.3 Å². The maximum atomic E-state index is 11.5. The predicted octanol–water partition coefficient (Wildman–Crippen LogP) is 4.60. The maximum absolute atomic E-state index is 11.5. The van der Waals surface area contributed by atoms with Crippen molar-refractivity contribution in [2.24, 2.45) is 4.99 Å². The van der Waals surface area contributed by atoms with Crippen molar-refractivity contribution >= 4 is 54.8 Å².